The highest BCUT2D eigenvalue weighted by atomic mass is 16.5. The lowest BCUT2D eigenvalue weighted by Crippen LogP contribution is -2.35. The van der Waals surface area contributed by atoms with E-state index in [1.54, 1.807) is 12.1 Å². The van der Waals surface area contributed by atoms with E-state index in [1.165, 1.54) is 5.57 Å². The molecule has 41 heavy (non-hydrogen) atoms. The zero-order valence-corrected chi connectivity index (χ0v) is 25.2. The average molecular weight is 562 g/mol. The van der Waals surface area contributed by atoms with Gasteiger partial charge in [-0.25, -0.2) is 4.79 Å². The molecule has 0 radical (unpaired) electrons. The summed E-state index contributed by atoms with van der Waals surface area (Å²) in [6.07, 6.45) is 5.72. The summed E-state index contributed by atoms with van der Waals surface area (Å²) in [5, 5.41) is 3.48. The predicted molar refractivity (Wildman–Crippen MR) is 165 cm³/mol. The van der Waals surface area contributed by atoms with Crippen LogP contribution in [0.2, 0.25) is 0 Å². The number of benzene rings is 2. The van der Waals surface area contributed by atoms with Gasteiger partial charge in [-0.05, 0) is 110 Å². The lowest BCUT2D eigenvalue weighted by Gasteiger charge is -2.29. The Morgan fingerprint density at radius 1 is 1.12 bits per heavy atom. The van der Waals surface area contributed by atoms with Gasteiger partial charge in [0, 0.05) is 36.1 Å². The molecule has 4 rings (SSSR count). The van der Waals surface area contributed by atoms with Gasteiger partial charge in [0.1, 0.15) is 28.9 Å². The van der Waals surface area contributed by atoms with Crippen molar-refractivity contribution in [3.05, 3.63) is 75.2 Å². The molecule has 0 aliphatic carbocycles. The van der Waals surface area contributed by atoms with E-state index in [-0.39, 0.29) is 17.7 Å². The largest absolute Gasteiger partial charge is 0.493 e. The molecule has 2 heterocycles. The lowest BCUT2D eigenvalue weighted by atomic mass is 10.0. The molecule has 1 amide bonds. The van der Waals surface area contributed by atoms with Crippen LogP contribution in [0, 0.1) is 6.92 Å². The van der Waals surface area contributed by atoms with Crippen LogP contribution in [0.4, 0.5) is 5.69 Å². The minimum Gasteiger partial charge on any atom is -0.493 e. The van der Waals surface area contributed by atoms with Crippen molar-refractivity contribution in [1.29, 1.82) is 0 Å². The predicted octanol–water partition coefficient (Wildman–Crippen LogP) is 5.67. The van der Waals surface area contributed by atoms with E-state index < -0.39 is 5.63 Å². The van der Waals surface area contributed by atoms with Gasteiger partial charge in [0.05, 0.1) is 6.61 Å². The highest BCUT2D eigenvalue weighted by Gasteiger charge is 2.20. The van der Waals surface area contributed by atoms with Gasteiger partial charge >= 0.3 is 5.63 Å². The van der Waals surface area contributed by atoms with Crippen molar-refractivity contribution < 1.29 is 18.7 Å². The lowest BCUT2D eigenvalue weighted by molar-refractivity contribution is 0.102. The van der Waals surface area contributed by atoms with Crippen molar-refractivity contribution in [2.75, 3.05) is 52.7 Å². The number of amides is 1. The first-order chi connectivity index (χ1) is 19.6. The summed E-state index contributed by atoms with van der Waals surface area (Å²) >= 11 is 0. The van der Waals surface area contributed by atoms with E-state index in [4.69, 9.17) is 13.9 Å². The molecule has 0 saturated carbocycles. The standard InChI is InChI=1S/C33H43N3O5/c1-22(2)8-9-24-20-26(11-13-30(24)39-19-7-16-35(4)5)32(37)34-28-21-25-10-12-29(23(3)31(25)41-33(28)38)40-27-14-17-36(6)18-15-27/h8,10-13,20-21,27H,7,9,14-19H2,1-6H3,(H,34,37). The van der Waals surface area contributed by atoms with Crippen LogP contribution in [-0.4, -0.2) is 69.2 Å². The molecule has 220 valence electrons. The molecule has 3 aromatic rings. The van der Waals surface area contributed by atoms with Crippen molar-refractivity contribution in [3.63, 3.8) is 0 Å². The summed E-state index contributed by atoms with van der Waals surface area (Å²) in [6, 6.07) is 10.8. The van der Waals surface area contributed by atoms with E-state index in [9.17, 15) is 9.59 Å². The van der Waals surface area contributed by atoms with Crippen molar-refractivity contribution >= 4 is 22.6 Å². The first kappa shape index (κ1) is 30.3. The van der Waals surface area contributed by atoms with Gasteiger partial charge in [0.2, 0.25) is 0 Å². The first-order valence-corrected chi connectivity index (χ1v) is 14.4. The van der Waals surface area contributed by atoms with Crippen LogP contribution in [0.5, 0.6) is 11.5 Å². The molecule has 1 fully saturated rings. The smallest absolute Gasteiger partial charge is 0.360 e. The maximum absolute atomic E-state index is 13.2. The molecule has 8 heteroatoms. The second kappa shape index (κ2) is 13.8. The van der Waals surface area contributed by atoms with Gasteiger partial charge in [-0.3, -0.25) is 4.79 Å². The Morgan fingerprint density at radius 2 is 1.85 bits per heavy atom. The third kappa shape index (κ3) is 8.21. The maximum atomic E-state index is 13.2. The Kier molecular flexibility index (Phi) is 10.2. The number of carbonyl (C=O) groups is 1. The van der Waals surface area contributed by atoms with Crippen LogP contribution in [0.1, 0.15) is 54.6 Å². The number of ether oxygens (including phenoxy) is 2. The number of carbonyl (C=O) groups excluding carboxylic acids is 1. The van der Waals surface area contributed by atoms with E-state index in [2.05, 4.69) is 28.2 Å². The Hall–Kier alpha value is -3.62. The Labute approximate surface area is 242 Å². The Balaban J connectivity index is 1.51. The van der Waals surface area contributed by atoms with Crippen LogP contribution in [0.25, 0.3) is 11.0 Å². The molecule has 0 atom stereocenters. The van der Waals surface area contributed by atoms with Crippen molar-refractivity contribution in [1.82, 2.24) is 9.80 Å². The highest BCUT2D eigenvalue weighted by Crippen LogP contribution is 2.30. The molecule has 1 aliphatic heterocycles. The number of allylic oxidation sites excluding steroid dienone is 2. The van der Waals surface area contributed by atoms with Gasteiger partial charge in [0.15, 0.2) is 0 Å². The Bertz CT molecular complexity index is 1450. The second-order valence-electron chi connectivity index (χ2n) is 11.4. The van der Waals surface area contributed by atoms with Crippen LogP contribution >= 0.6 is 0 Å². The SMILES string of the molecule is CC(C)=CCc1cc(C(=O)Nc2cc3ccc(OC4CCN(C)CC4)c(C)c3oc2=O)ccc1OCCCN(C)C. The van der Waals surface area contributed by atoms with E-state index in [0.717, 1.165) is 66.9 Å². The molecule has 0 spiro atoms. The maximum Gasteiger partial charge on any atom is 0.360 e. The van der Waals surface area contributed by atoms with Gasteiger partial charge < -0.3 is 29.0 Å². The molecule has 1 aromatic heterocycles. The molecule has 2 aromatic carbocycles. The van der Waals surface area contributed by atoms with Crippen LogP contribution in [0.15, 0.2) is 57.3 Å². The quantitative estimate of drug-likeness (QED) is 0.184. The fourth-order valence-corrected chi connectivity index (χ4v) is 4.90. The number of likely N-dealkylation sites (tertiary alicyclic amines) is 1. The third-order valence-corrected chi connectivity index (χ3v) is 7.37. The second-order valence-corrected chi connectivity index (χ2v) is 11.4. The zero-order chi connectivity index (χ0) is 29.5. The van der Waals surface area contributed by atoms with E-state index >= 15 is 0 Å². The van der Waals surface area contributed by atoms with Gasteiger partial charge in [-0.15, -0.1) is 0 Å². The summed E-state index contributed by atoms with van der Waals surface area (Å²) in [5.41, 5.74) is 3.29. The van der Waals surface area contributed by atoms with Gasteiger partial charge in [0.25, 0.3) is 5.91 Å². The molecule has 0 unspecified atom stereocenters. The third-order valence-electron chi connectivity index (χ3n) is 7.37. The van der Waals surface area contributed by atoms with Crippen LogP contribution < -0.4 is 20.4 Å². The monoisotopic (exact) mass is 561 g/mol. The first-order valence-electron chi connectivity index (χ1n) is 14.4. The molecular formula is C33H43N3O5. The van der Waals surface area contributed by atoms with Crippen LogP contribution in [0.3, 0.4) is 0 Å². The number of nitrogens with zero attached hydrogens (tertiary/aromatic N) is 2. The normalized spacial score (nSPS) is 14.3. The molecule has 1 saturated heterocycles. The number of hydrogen-bond acceptors (Lipinski definition) is 7. The molecule has 1 N–H and O–H groups in total. The minimum atomic E-state index is -0.601. The number of hydrogen-bond donors (Lipinski definition) is 1. The molecular weight excluding hydrogens is 518 g/mol. The van der Waals surface area contributed by atoms with Crippen molar-refractivity contribution in [2.24, 2.45) is 0 Å². The Morgan fingerprint density at radius 3 is 2.56 bits per heavy atom. The number of nitrogens with one attached hydrogen (secondary N) is 1. The number of piperidine rings is 1. The molecule has 0 bridgehead atoms. The zero-order valence-electron chi connectivity index (χ0n) is 25.2. The number of rotatable bonds is 11. The van der Waals surface area contributed by atoms with Crippen molar-refractivity contribution in [2.45, 2.75) is 52.6 Å². The topological polar surface area (TPSA) is 84.2 Å². The molecule has 1 aliphatic rings. The van der Waals surface area contributed by atoms with Gasteiger partial charge in [-0.1, -0.05) is 11.6 Å². The highest BCUT2D eigenvalue weighted by molar-refractivity contribution is 6.05. The van der Waals surface area contributed by atoms with E-state index in [0.29, 0.717) is 24.2 Å². The fourth-order valence-electron chi connectivity index (χ4n) is 4.90. The summed E-state index contributed by atoms with van der Waals surface area (Å²) < 4.78 is 18.0. The number of fused-ring (bicyclic) bond motifs is 1. The van der Waals surface area contributed by atoms with Crippen LogP contribution in [-0.2, 0) is 6.42 Å². The summed E-state index contributed by atoms with van der Waals surface area (Å²) in [6.45, 7) is 9.50. The average Bonchev–Trinajstić information content (AvgIpc) is 2.93. The molecule has 8 nitrogen and oxygen atoms in total. The van der Waals surface area contributed by atoms with Crippen molar-refractivity contribution in [3.8, 4) is 11.5 Å². The fraction of sp³-hybridized carbons (Fsp3) is 0.455. The van der Waals surface area contributed by atoms with Gasteiger partial charge in [-0.2, -0.15) is 0 Å². The summed E-state index contributed by atoms with van der Waals surface area (Å²) in [4.78, 5) is 30.6. The summed E-state index contributed by atoms with van der Waals surface area (Å²) in [7, 11) is 6.19. The van der Waals surface area contributed by atoms with E-state index in [1.807, 2.05) is 59.1 Å². The number of aryl methyl sites for hydroxylation is 1. The summed E-state index contributed by atoms with van der Waals surface area (Å²) in [5.74, 6) is 1.10. The number of anilines is 1. The minimum absolute atomic E-state index is 0.0979.